The second kappa shape index (κ2) is 5.61. The van der Waals surface area contributed by atoms with Gasteiger partial charge in [-0.25, -0.2) is 0 Å². The second-order valence-corrected chi connectivity index (χ2v) is 4.59. The largest absolute Gasteiger partial charge is 0.457 e. The predicted molar refractivity (Wildman–Crippen MR) is 78.6 cm³/mol. The van der Waals surface area contributed by atoms with Crippen LogP contribution in [0.15, 0.2) is 36.4 Å². The molecule has 0 saturated carbocycles. The van der Waals surface area contributed by atoms with Gasteiger partial charge in [-0.15, -0.1) is 0 Å². The highest BCUT2D eigenvalue weighted by atomic mass is 16.6. The minimum atomic E-state index is -0.435. The summed E-state index contributed by atoms with van der Waals surface area (Å²) in [5.74, 6) is 1.13. The lowest BCUT2D eigenvalue weighted by atomic mass is 10.1. The van der Waals surface area contributed by atoms with E-state index in [0.717, 1.165) is 11.1 Å². The Morgan fingerprint density at radius 3 is 2.50 bits per heavy atom. The molecule has 2 aromatic rings. The molecule has 0 aromatic heterocycles. The zero-order chi connectivity index (χ0) is 14.7. The Morgan fingerprint density at radius 1 is 1.15 bits per heavy atom. The summed E-state index contributed by atoms with van der Waals surface area (Å²) >= 11 is 0. The van der Waals surface area contributed by atoms with Gasteiger partial charge in [-0.05, 0) is 25.5 Å². The van der Waals surface area contributed by atoms with Crippen molar-refractivity contribution in [1.29, 1.82) is 0 Å². The summed E-state index contributed by atoms with van der Waals surface area (Å²) in [6.07, 6.45) is 0. The summed E-state index contributed by atoms with van der Waals surface area (Å²) < 4.78 is 5.75. The number of nitro groups is 1. The molecule has 0 fully saturated rings. The molecule has 0 aliphatic heterocycles. The average Bonchev–Trinajstić information content (AvgIpc) is 2.41. The van der Waals surface area contributed by atoms with E-state index in [1.165, 1.54) is 12.1 Å². The van der Waals surface area contributed by atoms with E-state index in [-0.39, 0.29) is 5.69 Å². The number of nitrogens with one attached hydrogen (secondary N) is 1. The molecule has 0 amide bonds. The standard InChI is InChI=1S/C15H16N2O3/c1-10-4-5-15(11(2)6-10)20-14-8-12(16-3)7-13(9-14)17(18)19/h4-9,16H,1-3H3. The molecule has 0 heterocycles. The summed E-state index contributed by atoms with van der Waals surface area (Å²) in [7, 11) is 1.71. The lowest BCUT2D eigenvalue weighted by Crippen LogP contribution is -1.95. The molecule has 0 bridgehead atoms. The first kappa shape index (κ1) is 13.9. The minimum absolute atomic E-state index is 0.00313. The van der Waals surface area contributed by atoms with Gasteiger partial charge in [0.05, 0.1) is 11.0 Å². The number of nitrogens with zero attached hydrogens (tertiary/aromatic N) is 1. The maximum Gasteiger partial charge on any atom is 0.275 e. The van der Waals surface area contributed by atoms with Crippen LogP contribution in [0.4, 0.5) is 11.4 Å². The minimum Gasteiger partial charge on any atom is -0.457 e. The molecule has 0 saturated heterocycles. The van der Waals surface area contributed by atoms with Crippen molar-refractivity contribution < 1.29 is 9.66 Å². The van der Waals surface area contributed by atoms with E-state index in [2.05, 4.69) is 5.32 Å². The van der Waals surface area contributed by atoms with E-state index in [4.69, 9.17) is 4.74 Å². The van der Waals surface area contributed by atoms with Gasteiger partial charge in [0.2, 0.25) is 0 Å². The molecule has 5 heteroatoms. The molecule has 0 aliphatic rings. The molecule has 2 aromatic carbocycles. The van der Waals surface area contributed by atoms with Crippen molar-refractivity contribution >= 4 is 11.4 Å². The lowest BCUT2D eigenvalue weighted by molar-refractivity contribution is -0.384. The van der Waals surface area contributed by atoms with E-state index in [9.17, 15) is 10.1 Å². The Hall–Kier alpha value is -2.56. The van der Waals surface area contributed by atoms with E-state index in [0.29, 0.717) is 17.2 Å². The first-order chi connectivity index (χ1) is 9.49. The molecular formula is C15H16N2O3. The molecule has 0 atom stereocenters. The van der Waals surface area contributed by atoms with Crippen LogP contribution in [0, 0.1) is 24.0 Å². The van der Waals surface area contributed by atoms with Crippen LogP contribution in [0.25, 0.3) is 0 Å². The van der Waals surface area contributed by atoms with Crippen LogP contribution in [-0.4, -0.2) is 12.0 Å². The topological polar surface area (TPSA) is 64.4 Å². The van der Waals surface area contributed by atoms with Crippen LogP contribution >= 0.6 is 0 Å². The van der Waals surface area contributed by atoms with Gasteiger partial charge in [-0.2, -0.15) is 0 Å². The van der Waals surface area contributed by atoms with E-state index in [1.807, 2.05) is 32.0 Å². The Kier molecular flexibility index (Phi) is 3.89. The first-order valence-corrected chi connectivity index (χ1v) is 6.22. The SMILES string of the molecule is CNc1cc(Oc2ccc(C)cc2C)cc([N+](=O)[O-])c1. The molecule has 0 unspecified atom stereocenters. The van der Waals surface area contributed by atoms with Crippen LogP contribution in [0.2, 0.25) is 0 Å². The molecule has 20 heavy (non-hydrogen) atoms. The third-order valence-corrected chi connectivity index (χ3v) is 2.95. The number of benzene rings is 2. The first-order valence-electron chi connectivity index (χ1n) is 6.22. The Morgan fingerprint density at radius 2 is 1.90 bits per heavy atom. The fraction of sp³-hybridized carbons (Fsp3) is 0.200. The molecule has 104 valence electrons. The summed E-state index contributed by atoms with van der Waals surface area (Å²) in [5, 5.41) is 13.8. The summed E-state index contributed by atoms with van der Waals surface area (Å²) in [6.45, 7) is 3.95. The van der Waals surface area contributed by atoms with Crippen LogP contribution in [-0.2, 0) is 0 Å². The summed E-state index contributed by atoms with van der Waals surface area (Å²) in [4.78, 5) is 10.5. The number of anilines is 1. The molecule has 2 rings (SSSR count). The van der Waals surface area contributed by atoms with Crippen molar-refractivity contribution in [3.05, 3.63) is 57.6 Å². The third kappa shape index (κ3) is 3.06. The zero-order valence-electron chi connectivity index (χ0n) is 11.6. The number of non-ortho nitro benzene ring substituents is 1. The molecule has 0 radical (unpaired) electrons. The molecule has 0 aliphatic carbocycles. The Bertz CT molecular complexity index is 654. The maximum absolute atomic E-state index is 10.9. The average molecular weight is 272 g/mol. The van der Waals surface area contributed by atoms with Crippen molar-refractivity contribution in [2.45, 2.75) is 13.8 Å². The molecular weight excluding hydrogens is 256 g/mol. The Labute approximate surface area is 117 Å². The van der Waals surface area contributed by atoms with E-state index >= 15 is 0 Å². The second-order valence-electron chi connectivity index (χ2n) is 4.59. The Balaban J connectivity index is 2.37. The van der Waals surface area contributed by atoms with Gasteiger partial charge in [0.25, 0.3) is 5.69 Å². The smallest absolute Gasteiger partial charge is 0.275 e. The van der Waals surface area contributed by atoms with Crippen LogP contribution in [0.3, 0.4) is 0 Å². The summed E-state index contributed by atoms with van der Waals surface area (Å²) in [5.41, 5.74) is 2.77. The monoisotopic (exact) mass is 272 g/mol. The van der Waals surface area contributed by atoms with Gasteiger partial charge in [0, 0.05) is 24.9 Å². The zero-order valence-corrected chi connectivity index (χ0v) is 11.6. The fourth-order valence-corrected chi connectivity index (χ4v) is 1.93. The van der Waals surface area contributed by atoms with Gasteiger partial charge in [0.1, 0.15) is 11.5 Å². The number of hydrogen-bond donors (Lipinski definition) is 1. The quantitative estimate of drug-likeness (QED) is 0.673. The van der Waals surface area contributed by atoms with Gasteiger partial charge >= 0.3 is 0 Å². The highest BCUT2D eigenvalue weighted by Crippen LogP contribution is 2.31. The highest BCUT2D eigenvalue weighted by molar-refractivity contribution is 5.57. The van der Waals surface area contributed by atoms with Crippen molar-refractivity contribution in [1.82, 2.24) is 0 Å². The number of nitro benzene ring substituents is 1. The van der Waals surface area contributed by atoms with E-state index in [1.54, 1.807) is 13.1 Å². The summed E-state index contributed by atoms with van der Waals surface area (Å²) in [6, 6.07) is 10.4. The van der Waals surface area contributed by atoms with Crippen LogP contribution in [0.5, 0.6) is 11.5 Å². The van der Waals surface area contributed by atoms with Crippen molar-refractivity contribution in [3.63, 3.8) is 0 Å². The molecule has 1 N–H and O–H groups in total. The van der Waals surface area contributed by atoms with Crippen molar-refractivity contribution in [2.75, 3.05) is 12.4 Å². The predicted octanol–water partition coefficient (Wildman–Crippen LogP) is 4.05. The van der Waals surface area contributed by atoms with Crippen molar-refractivity contribution in [3.8, 4) is 11.5 Å². The molecule has 5 nitrogen and oxygen atoms in total. The number of ether oxygens (including phenoxy) is 1. The third-order valence-electron chi connectivity index (χ3n) is 2.95. The normalized spacial score (nSPS) is 10.2. The van der Waals surface area contributed by atoms with E-state index < -0.39 is 4.92 Å². The van der Waals surface area contributed by atoms with Gasteiger partial charge < -0.3 is 10.1 Å². The number of aryl methyl sites for hydroxylation is 2. The fourth-order valence-electron chi connectivity index (χ4n) is 1.93. The van der Waals surface area contributed by atoms with Crippen LogP contribution in [0.1, 0.15) is 11.1 Å². The van der Waals surface area contributed by atoms with Crippen LogP contribution < -0.4 is 10.1 Å². The van der Waals surface area contributed by atoms with Gasteiger partial charge in [-0.1, -0.05) is 17.7 Å². The van der Waals surface area contributed by atoms with Gasteiger partial charge in [0.15, 0.2) is 0 Å². The highest BCUT2D eigenvalue weighted by Gasteiger charge is 2.11. The number of hydrogen-bond acceptors (Lipinski definition) is 4. The number of rotatable bonds is 4. The van der Waals surface area contributed by atoms with Crippen molar-refractivity contribution in [2.24, 2.45) is 0 Å². The maximum atomic E-state index is 10.9. The van der Waals surface area contributed by atoms with Gasteiger partial charge in [-0.3, -0.25) is 10.1 Å². The molecule has 0 spiro atoms. The lowest BCUT2D eigenvalue weighted by Gasteiger charge is -2.10.